The molecule has 3 heteroatoms. The molecule has 2 heterocycles. The molecule has 21 heavy (non-hydrogen) atoms. The number of fused-ring (bicyclic) bond motifs is 2. The van der Waals surface area contributed by atoms with Crippen molar-refractivity contribution in [2.75, 3.05) is 11.9 Å². The molecule has 3 unspecified atom stereocenters. The van der Waals surface area contributed by atoms with Gasteiger partial charge in [0.25, 0.3) is 0 Å². The highest BCUT2D eigenvalue weighted by Gasteiger charge is 2.57. The number of benzene rings is 1. The Morgan fingerprint density at radius 2 is 2.19 bits per heavy atom. The highest BCUT2D eigenvalue weighted by Crippen LogP contribution is 2.52. The van der Waals surface area contributed by atoms with E-state index in [9.17, 15) is 0 Å². The third-order valence-corrected chi connectivity index (χ3v) is 5.26. The first-order valence-electron chi connectivity index (χ1n) is 7.89. The highest BCUT2D eigenvalue weighted by atomic mass is 16.5. The molecule has 2 aliphatic rings. The van der Waals surface area contributed by atoms with E-state index in [-0.39, 0.29) is 5.41 Å². The number of aromatic nitrogens is 1. The zero-order valence-electron chi connectivity index (χ0n) is 12.7. The van der Waals surface area contributed by atoms with Gasteiger partial charge in [-0.15, -0.1) is 0 Å². The van der Waals surface area contributed by atoms with Gasteiger partial charge in [0.15, 0.2) is 0 Å². The zero-order valence-corrected chi connectivity index (χ0v) is 12.7. The van der Waals surface area contributed by atoms with Gasteiger partial charge in [0.1, 0.15) is 0 Å². The number of ether oxygens (including phenoxy) is 1. The van der Waals surface area contributed by atoms with Crippen LogP contribution < -0.4 is 5.32 Å². The lowest BCUT2D eigenvalue weighted by atomic mass is 9.55. The fraction of sp³-hybridized carbons (Fsp3) is 0.500. The largest absolute Gasteiger partial charge is 0.381 e. The van der Waals surface area contributed by atoms with Crippen molar-refractivity contribution in [2.24, 2.45) is 11.3 Å². The van der Waals surface area contributed by atoms with Crippen molar-refractivity contribution >= 4 is 16.6 Å². The van der Waals surface area contributed by atoms with Gasteiger partial charge in [-0.25, -0.2) is 0 Å². The molecule has 1 aliphatic carbocycles. The third kappa shape index (κ3) is 2.03. The number of anilines is 1. The van der Waals surface area contributed by atoms with Crippen LogP contribution in [0.25, 0.3) is 10.9 Å². The van der Waals surface area contributed by atoms with E-state index in [2.05, 4.69) is 48.4 Å². The van der Waals surface area contributed by atoms with E-state index in [1.807, 2.05) is 12.3 Å². The molecule has 2 aromatic rings. The topological polar surface area (TPSA) is 34.2 Å². The first-order chi connectivity index (χ1) is 10.2. The van der Waals surface area contributed by atoms with E-state index in [0.717, 1.165) is 12.1 Å². The second kappa shape index (κ2) is 4.70. The van der Waals surface area contributed by atoms with Crippen molar-refractivity contribution in [3.8, 4) is 0 Å². The summed E-state index contributed by atoms with van der Waals surface area (Å²) in [7, 11) is 0. The number of hydrogen-bond acceptors (Lipinski definition) is 3. The Balaban J connectivity index is 1.59. The van der Waals surface area contributed by atoms with E-state index in [0.29, 0.717) is 18.1 Å². The molecule has 1 N–H and O–H groups in total. The van der Waals surface area contributed by atoms with Crippen LogP contribution >= 0.6 is 0 Å². The number of nitrogens with zero attached hydrogens (tertiary/aromatic N) is 1. The predicted molar refractivity (Wildman–Crippen MR) is 85.4 cm³/mol. The zero-order chi connectivity index (χ0) is 14.4. The van der Waals surface area contributed by atoms with Crippen LogP contribution in [0.3, 0.4) is 0 Å². The molecule has 1 aromatic heterocycles. The Bertz CT molecular complexity index is 667. The summed E-state index contributed by atoms with van der Waals surface area (Å²) in [5.41, 5.74) is 2.45. The molecular formula is C18H22N2O. The molecule has 4 rings (SSSR count). The lowest BCUT2D eigenvalue weighted by Gasteiger charge is -2.60. The van der Waals surface area contributed by atoms with Gasteiger partial charge < -0.3 is 10.1 Å². The average Bonchev–Trinajstić information content (AvgIpc) is 2.52. The standard InChI is InChI=1S/C18H22N2O/c1-18(2)16(14-6-4-10-21-17(14)18)20-13-7-8-15-12(11-13)5-3-9-19-15/h3,5,7-9,11,14,16-17,20H,4,6,10H2,1-2H3. The van der Waals surface area contributed by atoms with Crippen LogP contribution in [0, 0.1) is 11.3 Å². The molecule has 1 aromatic carbocycles. The lowest BCUT2D eigenvalue weighted by Crippen LogP contribution is -2.67. The summed E-state index contributed by atoms with van der Waals surface area (Å²) < 4.78 is 5.98. The number of nitrogens with one attached hydrogen (secondary N) is 1. The van der Waals surface area contributed by atoms with Gasteiger partial charge in [-0.3, -0.25) is 4.98 Å². The van der Waals surface area contributed by atoms with Crippen LogP contribution in [0.5, 0.6) is 0 Å². The van der Waals surface area contributed by atoms with Crippen molar-refractivity contribution in [3.05, 3.63) is 36.5 Å². The summed E-state index contributed by atoms with van der Waals surface area (Å²) >= 11 is 0. The second-order valence-electron chi connectivity index (χ2n) is 6.95. The van der Waals surface area contributed by atoms with E-state index in [4.69, 9.17) is 4.74 Å². The predicted octanol–water partition coefficient (Wildman–Crippen LogP) is 3.85. The van der Waals surface area contributed by atoms with Gasteiger partial charge in [-0.05, 0) is 37.1 Å². The monoisotopic (exact) mass is 282 g/mol. The minimum atomic E-state index is 0.203. The molecule has 0 radical (unpaired) electrons. The van der Waals surface area contributed by atoms with Crippen molar-refractivity contribution in [1.82, 2.24) is 4.98 Å². The normalized spacial score (nSPS) is 30.5. The molecule has 0 amide bonds. The fourth-order valence-corrected chi connectivity index (χ4v) is 4.16. The molecule has 3 atom stereocenters. The van der Waals surface area contributed by atoms with Crippen LogP contribution in [0.4, 0.5) is 5.69 Å². The maximum absolute atomic E-state index is 5.98. The van der Waals surface area contributed by atoms with Gasteiger partial charge in [0, 0.05) is 41.3 Å². The maximum Gasteiger partial charge on any atom is 0.0703 e. The van der Waals surface area contributed by atoms with Crippen molar-refractivity contribution < 1.29 is 4.74 Å². The lowest BCUT2D eigenvalue weighted by molar-refractivity contribution is -0.177. The molecule has 1 saturated carbocycles. The van der Waals surface area contributed by atoms with Crippen molar-refractivity contribution in [3.63, 3.8) is 0 Å². The van der Waals surface area contributed by atoms with Crippen LogP contribution in [0.15, 0.2) is 36.5 Å². The summed E-state index contributed by atoms with van der Waals surface area (Å²) in [6, 6.07) is 11.0. The van der Waals surface area contributed by atoms with Gasteiger partial charge in [-0.1, -0.05) is 19.9 Å². The maximum atomic E-state index is 5.98. The third-order valence-electron chi connectivity index (χ3n) is 5.26. The molecule has 0 spiro atoms. The highest BCUT2D eigenvalue weighted by molar-refractivity contribution is 5.82. The number of hydrogen-bond donors (Lipinski definition) is 1. The first kappa shape index (κ1) is 13.1. The Morgan fingerprint density at radius 1 is 1.29 bits per heavy atom. The molecule has 1 saturated heterocycles. The Labute approximate surface area is 125 Å². The van der Waals surface area contributed by atoms with E-state index >= 15 is 0 Å². The summed E-state index contributed by atoms with van der Waals surface area (Å²) in [4.78, 5) is 4.38. The van der Waals surface area contributed by atoms with Gasteiger partial charge in [-0.2, -0.15) is 0 Å². The molecule has 3 nitrogen and oxygen atoms in total. The Kier molecular flexibility index (Phi) is 2.93. The molecule has 1 aliphatic heterocycles. The van der Waals surface area contributed by atoms with E-state index in [1.165, 1.54) is 23.9 Å². The van der Waals surface area contributed by atoms with Crippen LogP contribution in [-0.2, 0) is 4.74 Å². The molecule has 110 valence electrons. The van der Waals surface area contributed by atoms with Crippen LogP contribution in [0.2, 0.25) is 0 Å². The minimum Gasteiger partial charge on any atom is -0.381 e. The van der Waals surface area contributed by atoms with E-state index < -0.39 is 0 Å². The average molecular weight is 282 g/mol. The first-order valence-corrected chi connectivity index (χ1v) is 7.89. The smallest absolute Gasteiger partial charge is 0.0703 e. The van der Waals surface area contributed by atoms with Crippen LogP contribution in [-0.4, -0.2) is 23.7 Å². The van der Waals surface area contributed by atoms with Gasteiger partial charge in [0.2, 0.25) is 0 Å². The number of rotatable bonds is 2. The summed E-state index contributed by atoms with van der Waals surface area (Å²) in [6.45, 7) is 5.57. The quantitative estimate of drug-likeness (QED) is 0.908. The number of pyridine rings is 1. The Hall–Kier alpha value is -1.61. The second-order valence-corrected chi connectivity index (χ2v) is 6.95. The van der Waals surface area contributed by atoms with Crippen LogP contribution in [0.1, 0.15) is 26.7 Å². The Morgan fingerprint density at radius 3 is 3.10 bits per heavy atom. The van der Waals surface area contributed by atoms with Crippen molar-refractivity contribution in [1.29, 1.82) is 0 Å². The SMILES string of the molecule is CC1(C)C(Nc2ccc3ncccc3c2)C2CCCOC21. The minimum absolute atomic E-state index is 0.203. The molecule has 0 bridgehead atoms. The summed E-state index contributed by atoms with van der Waals surface area (Å²) in [5, 5.41) is 4.94. The van der Waals surface area contributed by atoms with Gasteiger partial charge >= 0.3 is 0 Å². The van der Waals surface area contributed by atoms with Gasteiger partial charge in [0.05, 0.1) is 11.6 Å². The van der Waals surface area contributed by atoms with Crippen molar-refractivity contribution in [2.45, 2.75) is 38.8 Å². The summed E-state index contributed by atoms with van der Waals surface area (Å²) in [6.07, 6.45) is 4.73. The molecule has 2 fully saturated rings. The van der Waals surface area contributed by atoms with E-state index in [1.54, 1.807) is 0 Å². The fourth-order valence-electron chi connectivity index (χ4n) is 4.16. The summed E-state index contributed by atoms with van der Waals surface area (Å²) in [5.74, 6) is 0.651. The molecular weight excluding hydrogens is 260 g/mol.